The lowest BCUT2D eigenvalue weighted by molar-refractivity contribution is 0.0259. The lowest BCUT2D eigenvalue weighted by Gasteiger charge is -2.30. The Morgan fingerprint density at radius 3 is 2.77 bits per heavy atom. The van der Waals surface area contributed by atoms with Crippen LogP contribution in [0.4, 0.5) is 0 Å². The van der Waals surface area contributed by atoms with E-state index in [1.807, 2.05) is 6.92 Å². The third-order valence-corrected chi connectivity index (χ3v) is 3.14. The van der Waals surface area contributed by atoms with E-state index in [0.717, 1.165) is 19.5 Å². The summed E-state index contributed by atoms with van der Waals surface area (Å²) in [7, 11) is 0. The van der Waals surface area contributed by atoms with Crippen LogP contribution in [0.1, 0.15) is 32.6 Å². The second-order valence-corrected chi connectivity index (χ2v) is 4.66. The number of nitrogens with one attached hydrogen (secondary N) is 2. The zero-order valence-corrected chi connectivity index (χ0v) is 8.34. The monoisotopic (exact) mass is 184 g/mol. The van der Waals surface area contributed by atoms with E-state index in [1.165, 1.54) is 19.3 Å². The Morgan fingerprint density at radius 1 is 1.46 bits per heavy atom. The Morgan fingerprint density at radius 2 is 2.23 bits per heavy atom. The van der Waals surface area contributed by atoms with Crippen LogP contribution in [0.15, 0.2) is 0 Å². The highest BCUT2D eigenvalue weighted by atomic mass is 16.3. The number of hydrogen-bond donors (Lipinski definition) is 3. The van der Waals surface area contributed by atoms with Crippen LogP contribution in [0.5, 0.6) is 0 Å². The molecule has 0 aromatic carbocycles. The van der Waals surface area contributed by atoms with Crippen LogP contribution in [-0.4, -0.2) is 35.9 Å². The first-order valence-electron chi connectivity index (χ1n) is 5.38. The maximum Gasteiger partial charge on any atom is 0.0895 e. The molecule has 2 aliphatic rings. The van der Waals surface area contributed by atoms with Gasteiger partial charge in [-0.05, 0) is 39.2 Å². The van der Waals surface area contributed by atoms with Crippen LogP contribution in [0, 0.1) is 0 Å². The van der Waals surface area contributed by atoms with Crippen LogP contribution >= 0.6 is 0 Å². The van der Waals surface area contributed by atoms with Gasteiger partial charge in [-0.1, -0.05) is 0 Å². The van der Waals surface area contributed by atoms with Gasteiger partial charge < -0.3 is 15.7 Å². The largest absolute Gasteiger partial charge is 0.387 e. The van der Waals surface area contributed by atoms with Crippen molar-refractivity contribution in [1.82, 2.24) is 10.6 Å². The fraction of sp³-hybridized carbons (Fsp3) is 1.00. The summed E-state index contributed by atoms with van der Waals surface area (Å²) in [5.41, 5.74) is -0.570. The zero-order valence-electron chi connectivity index (χ0n) is 8.34. The maximum atomic E-state index is 10.2. The van der Waals surface area contributed by atoms with Gasteiger partial charge in [0.05, 0.1) is 5.60 Å². The van der Waals surface area contributed by atoms with Crippen molar-refractivity contribution in [1.29, 1.82) is 0 Å². The quantitative estimate of drug-likeness (QED) is 0.586. The molecule has 2 fully saturated rings. The van der Waals surface area contributed by atoms with Crippen molar-refractivity contribution in [2.75, 3.05) is 13.1 Å². The van der Waals surface area contributed by atoms with Crippen molar-refractivity contribution in [2.45, 2.75) is 50.3 Å². The molecule has 2 rings (SSSR count). The van der Waals surface area contributed by atoms with E-state index in [2.05, 4.69) is 10.6 Å². The highest BCUT2D eigenvalue weighted by Crippen LogP contribution is 2.22. The molecule has 2 atom stereocenters. The van der Waals surface area contributed by atoms with Crippen molar-refractivity contribution < 1.29 is 5.11 Å². The Balaban J connectivity index is 1.78. The van der Waals surface area contributed by atoms with Gasteiger partial charge in [-0.15, -0.1) is 0 Å². The fourth-order valence-electron chi connectivity index (χ4n) is 1.98. The molecule has 0 radical (unpaired) electrons. The molecule has 3 heteroatoms. The molecule has 0 amide bonds. The first-order valence-corrected chi connectivity index (χ1v) is 5.38. The Kier molecular flexibility index (Phi) is 2.58. The van der Waals surface area contributed by atoms with E-state index in [1.54, 1.807) is 0 Å². The van der Waals surface area contributed by atoms with Gasteiger partial charge in [-0.3, -0.25) is 0 Å². The summed E-state index contributed by atoms with van der Waals surface area (Å²) in [6.45, 7) is 3.73. The predicted molar refractivity (Wildman–Crippen MR) is 52.7 cm³/mol. The van der Waals surface area contributed by atoms with Gasteiger partial charge in [0, 0.05) is 18.6 Å². The summed E-state index contributed by atoms with van der Waals surface area (Å²) in [6.07, 6.45) is 4.88. The predicted octanol–water partition coefficient (Wildman–Crippen LogP) is 0.241. The summed E-state index contributed by atoms with van der Waals surface area (Å²) in [4.78, 5) is 0. The van der Waals surface area contributed by atoms with Crippen molar-refractivity contribution in [3.63, 3.8) is 0 Å². The molecular weight excluding hydrogens is 164 g/mol. The van der Waals surface area contributed by atoms with Crippen LogP contribution < -0.4 is 10.6 Å². The van der Waals surface area contributed by atoms with Gasteiger partial charge in [-0.25, -0.2) is 0 Å². The SMILES string of the molecule is CC(O)(CNC1CC1)C1CCCN1. The number of hydrogen-bond acceptors (Lipinski definition) is 3. The zero-order chi connectivity index (χ0) is 9.31. The van der Waals surface area contributed by atoms with Gasteiger partial charge in [0.2, 0.25) is 0 Å². The minimum atomic E-state index is -0.570. The molecule has 3 N–H and O–H groups in total. The third-order valence-electron chi connectivity index (χ3n) is 3.14. The highest BCUT2D eigenvalue weighted by molar-refractivity contribution is 4.95. The molecule has 0 aromatic rings. The van der Waals surface area contributed by atoms with Crippen LogP contribution in [0.2, 0.25) is 0 Å². The molecule has 76 valence electrons. The lowest BCUT2D eigenvalue weighted by atomic mass is 9.95. The van der Waals surface area contributed by atoms with Gasteiger partial charge in [0.25, 0.3) is 0 Å². The summed E-state index contributed by atoms with van der Waals surface area (Å²) in [6, 6.07) is 0.978. The average molecular weight is 184 g/mol. The normalized spacial score (nSPS) is 33.2. The fourth-order valence-corrected chi connectivity index (χ4v) is 1.98. The molecule has 2 unspecified atom stereocenters. The summed E-state index contributed by atoms with van der Waals surface area (Å²) in [5, 5.41) is 16.9. The molecular formula is C10H20N2O. The average Bonchev–Trinajstić information content (AvgIpc) is 2.74. The topological polar surface area (TPSA) is 44.3 Å². The molecule has 0 spiro atoms. The van der Waals surface area contributed by atoms with Crippen molar-refractivity contribution in [3.05, 3.63) is 0 Å². The Labute approximate surface area is 79.9 Å². The molecule has 1 saturated carbocycles. The number of aliphatic hydroxyl groups is 1. The lowest BCUT2D eigenvalue weighted by Crippen LogP contribution is -2.52. The minimum absolute atomic E-state index is 0.291. The van der Waals surface area contributed by atoms with Gasteiger partial charge in [0.15, 0.2) is 0 Å². The van der Waals surface area contributed by atoms with E-state index in [-0.39, 0.29) is 0 Å². The first-order chi connectivity index (χ1) is 6.18. The Bertz CT molecular complexity index is 172. The van der Waals surface area contributed by atoms with Crippen LogP contribution in [0.3, 0.4) is 0 Å². The van der Waals surface area contributed by atoms with Gasteiger partial charge in [0.1, 0.15) is 0 Å². The molecule has 1 heterocycles. The standard InChI is InChI=1S/C10H20N2O/c1-10(13,7-12-8-4-5-8)9-3-2-6-11-9/h8-9,11-13H,2-7H2,1H3. The smallest absolute Gasteiger partial charge is 0.0895 e. The van der Waals surface area contributed by atoms with Crippen LogP contribution in [0.25, 0.3) is 0 Å². The molecule has 13 heavy (non-hydrogen) atoms. The molecule has 1 saturated heterocycles. The van der Waals surface area contributed by atoms with E-state index in [0.29, 0.717) is 12.1 Å². The van der Waals surface area contributed by atoms with Crippen molar-refractivity contribution in [2.24, 2.45) is 0 Å². The van der Waals surface area contributed by atoms with Crippen LogP contribution in [-0.2, 0) is 0 Å². The summed E-state index contributed by atoms with van der Waals surface area (Å²) in [5.74, 6) is 0. The maximum absolute atomic E-state index is 10.2. The Hall–Kier alpha value is -0.120. The van der Waals surface area contributed by atoms with Gasteiger partial charge >= 0.3 is 0 Å². The first kappa shape index (κ1) is 9.44. The third kappa shape index (κ3) is 2.42. The minimum Gasteiger partial charge on any atom is -0.387 e. The van der Waals surface area contributed by atoms with Gasteiger partial charge in [-0.2, -0.15) is 0 Å². The molecule has 3 nitrogen and oxygen atoms in total. The van der Waals surface area contributed by atoms with E-state index >= 15 is 0 Å². The second-order valence-electron chi connectivity index (χ2n) is 4.66. The highest BCUT2D eigenvalue weighted by Gasteiger charge is 2.35. The summed E-state index contributed by atoms with van der Waals surface area (Å²) < 4.78 is 0. The molecule has 0 bridgehead atoms. The van der Waals surface area contributed by atoms with Crippen molar-refractivity contribution >= 4 is 0 Å². The van der Waals surface area contributed by atoms with E-state index < -0.39 is 5.60 Å². The van der Waals surface area contributed by atoms with E-state index in [4.69, 9.17) is 0 Å². The second kappa shape index (κ2) is 3.56. The number of rotatable bonds is 4. The summed E-state index contributed by atoms with van der Waals surface area (Å²) >= 11 is 0. The molecule has 1 aliphatic carbocycles. The van der Waals surface area contributed by atoms with E-state index in [9.17, 15) is 5.11 Å². The molecule has 1 aliphatic heterocycles. The van der Waals surface area contributed by atoms with Crippen molar-refractivity contribution in [3.8, 4) is 0 Å². The molecule has 0 aromatic heterocycles.